The number of carbonyl (C=O) groups is 2. The van der Waals surface area contributed by atoms with Crippen LogP contribution in [0.4, 0.5) is 0 Å². The first kappa shape index (κ1) is 18.5. The van der Waals surface area contributed by atoms with Crippen LogP contribution in [0.1, 0.15) is 1.43 Å². The molecule has 1 saturated heterocycles. The van der Waals surface area contributed by atoms with Crippen molar-refractivity contribution in [2.45, 2.75) is 12.1 Å². The molecule has 0 radical (unpaired) electrons. The quantitative estimate of drug-likeness (QED) is 0.178. The first-order valence-corrected chi connectivity index (χ1v) is 7.37. The van der Waals surface area contributed by atoms with E-state index in [1.54, 1.807) is 10.8 Å². The third kappa shape index (κ3) is 6.48. The van der Waals surface area contributed by atoms with Gasteiger partial charge in [0.2, 0.25) is 0 Å². The van der Waals surface area contributed by atoms with Crippen LogP contribution in [0.25, 0.3) is 0 Å². The molecule has 0 bridgehead atoms. The zero-order chi connectivity index (χ0) is 12.0. The molecule has 94 valence electrons. The van der Waals surface area contributed by atoms with E-state index in [4.69, 9.17) is 11.6 Å². The van der Waals surface area contributed by atoms with Gasteiger partial charge in [0.05, 0.1) is 25.2 Å². The van der Waals surface area contributed by atoms with Gasteiger partial charge >= 0.3 is 51.4 Å². The van der Waals surface area contributed by atoms with E-state index in [2.05, 4.69) is 10.7 Å². The Morgan fingerprint density at radius 3 is 2.76 bits per heavy atom. The van der Waals surface area contributed by atoms with E-state index in [0.717, 1.165) is 0 Å². The van der Waals surface area contributed by atoms with Crippen molar-refractivity contribution in [3.8, 4) is 0 Å². The van der Waals surface area contributed by atoms with Crippen LogP contribution in [-0.2, 0) is 9.59 Å². The van der Waals surface area contributed by atoms with Crippen molar-refractivity contribution in [2.75, 3.05) is 24.6 Å². The second-order valence-electron chi connectivity index (χ2n) is 3.36. The standard InChI is InChI=1S/C8H16N4O2S2.K.H/c9-1-7(13)5-3-15-16-4-6(12-10)8(14)2-11-5;;/h5-6,11-12H,1-4,9-10H2;;/q;+1;-1/t5-,6-;;/m0../s1. The monoisotopic (exact) mass is 304 g/mol. The Morgan fingerprint density at radius 2 is 2.18 bits per heavy atom. The Balaban J connectivity index is 0. The van der Waals surface area contributed by atoms with Crippen molar-refractivity contribution in [1.29, 1.82) is 0 Å². The maximum Gasteiger partial charge on any atom is 1.00 e. The first-order chi connectivity index (χ1) is 7.69. The Kier molecular flexibility index (Phi) is 11.2. The van der Waals surface area contributed by atoms with Crippen LogP contribution < -0.4 is 73.7 Å². The number of hydrazine groups is 1. The first-order valence-electron chi connectivity index (χ1n) is 4.88. The molecule has 1 aliphatic heterocycles. The fourth-order valence-corrected chi connectivity index (χ4v) is 3.67. The van der Waals surface area contributed by atoms with Gasteiger partial charge in [0, 0.05) is 11.5 Å². The molecule has 0 unspecified atom stereocenters. The maximum absolute atomic E-state index is 11.6. The molecule has 0 spiro atoms. The molecule has 0 aliphatic carbocycles. The van der Waals surface area contributed by atoms with Gasteiger partial charge in [-0.1, -0.05) is 21.6 Å². The number of hydrogen-bond donors (Lipinski definition) is 4. The van der Waals surface area contributed by atoms with E-state index in [1.807, 2.05) is 0 Å². The Labute approximate surface area is 152 Å². The zero-order valence-electron chi connectivity index (χ0n) is 10.8. The molecule has 1 rings (SSSR count). The maximum atomic E-state index is 11.6. The number of ketones is 2. The van der Waals surface area contributed by atoms with E-state index in [9.17, 15) is 9.59 Å². The predicted molar refractivity (Wildman–Crippen MR) is 68.0 cm³/mol. The molecule has 0 aromatic rings. The van der Waals surface area contributed by atoms with Crippen LogP contribution in [-0.4, -0.2) is 48.2 Å². The molecule has 0 aromatic heterocycles. The van der Waals surface area contributed by atoms with Gasteiger partial charge in [-0.2, -0.15) is 0 Å². The molecule has 6 nitrogen and oxygen atoms in total. The number of carbonyl (C=O) groups excluding carboxylic acids is 2. The average molecular weight is 304 g/mol. The second kappa shape index (κ2) is 10.3. The molecule has 1 heterocycles. The third-order valence-corrected chi connectivity index (χ3v) is 4.68. The summed E-state index contributed by atoms with van der Waals surface area (Å²) in [5.41, 5.74) is 7.77. The summed E-state index contributed by atoms with van der Waals surface area (Å²) in [6.45, 7) is 0.141. The summed E-state index contributed by atoms with van der Waals surface area (Å²) in [6.07, 6.45) is 0. The summed E-state index contributed by atoms with van der Waals surface area (Å²) in [5.74, 6) is 6.39. The minimum Gasteiger partial charge on any atom is -1.00 e. The van der Waals surface area contributed by atoms with Crippen LogP contribution in [0.5, 0.6) is 0 Å². The number of rotatable bonds is 3. The van der Waals surface area contributed by atoms with Gasteiger partial charge in [-0.25, -0.2) is 5.43 Å². The van der Waals surface area contributed by atoms with Crippen LogP contribution in [0.2, 0.25) is 0 Å². The number of nitrogens with one attached hydrogen (secondary N) is 2. The minimum absolute atomic E-state index is 0. The average Bonchev–Trinajstić information content (AvgIpc) is 2.39. The van der Waals surface area contributed by atoms with Crippen molar-refractivity contribution in [2.24, 2.45) is 11.6 Å². The third-order valence-electron chi connectivity index (χ3n) is 2.26. The van der Waals surface area contributed by atoms with Gasteiger partial charge in [-0.05, 0) is 0 Å². The van der Waals surface area contributed by atoms with Gasteiger partial charge in [-0.15, -0.1) is 0 Å². The summed E-state index contributed by atoms with van der Waals surface area (Å²) in [7, 11) is 3.08. The summed E-state index contributed by atoms with van der Waals surface area (Å²) >= 11 is 0. The summed E-state index contributed by atoms with van der Waals surface area (Å²) in [4.78, 5) is 23.1. The van der Waals surface area contributed by atoms with Crippen LogP contribution in [0.3, 0.4) is 0 Å². The summed E-state index contributed by atoms with van der Waals surface area (Å²) < 4.78 is 0. The molecule has 1 aliphatic rings. The van der Waals surface area contributed by atoms with Gasteiger partial charge < -0.3 is 7.16 Å². The van der Waals surface area contributed by atoms with E-state index in [0.29, 0.717) is 11.5 Å². The molecular weight excluding hydrogens is 287 g/mol. The van der Waals surface area contributed by atoms with Gasteiger partial charge in [0.1, 0.15) is 0 Å². The van der Waals surface area contributed by atoms with Crippen LogP contribution in [0, 0.1) is 0 Å². The van der Waals surface area contributed by atoms with Crippen molar-refractivity contribution >= 4 is 33.2 Å². The molecule has 6 N–H and O–H groups in total. The number of Topliss-reactive ketones (excluding diaryl/α,β-unsaturated/α-hetero) is 2. The predicted octanol–water partition coefficient (Wildman–Crippen LogP) is -4.62. The molecule has 2 atom stereocenters. The molecule has 9 heteroatoms. The molecule has 17 heavy (non-hydrogen) atoms. The SMILES string of the molecule is NCC(=O)[C@@H]1CSSC[C@H](NN)C(=O)CN1.[H-].[K+]. The number of hydrogen-bond acceptors (Lipinski definition) is 8. The Hall–Kier alpha value is 1.52. The van der Waals surface area contributed by atoms with E-state index < -0.39 is 0 Å². The van der Waals surface area contributed by atoms with Crippen molar-refractivity contribution in [3.63, 3.8) is 0 Å². The van der Waals surface area contributed by atoms with Crippen molar-refractivity contribution < 1.29 is 62.4 Å². The Bertz CT molecular complexity index is 275. The van der Waals surface area contributed by atoms with Gasteiger partial charge in [0.15, 0.2) is 11.6 Å². The largest absolute Gasteiger partial charge is 1.00 e. The van der Waals surface area contributed by atoms with Crippen LogP contribution >= 0.6 is 21.6 Å². The Morgan fingerprint density at radius 1 is 1.53 bits per heavy atom. The van der Waals surface area contributed by atoms with E-state index in [1.165, 1.54) is 10.8 Å². The smallest absolute Gasteiger partial charge is 1.00 e. The van der Waals surface area contributed by atoms with Crippen LogP contribution in [0.15, 0.2) is 0 Å². The zero-order valence-corrected chi connectivity index (χ0v) is 14.5. The summed E-state index contributed by atoms with van der Waals surface area (Å²) in [6, 6.07) is -0.709. The molecule has 0 saturated carbocycles. The van der Waals surface area contributed by atoms with E-state index >= 15 is 0 Å². The van der Waals surface area contributed by atoms with Gasteiger partial charge in [-0.3, -0.25) is 20.7 Å². The molecule has 0 amide bonds. The van der Waals surface area contributed by atoms with Crippen molar-refractivity contribution in [1.82, 2.24) is 10.7 Å². The fraction of sp³-hybridized carbons (Fsp3) is 0.750. The van der Waals surface area contributed by atoms with Crippen molar-refractivity contribution in [3.05, 3.63) is 0 Å². The fourth-order valence-electron chi connectivity index (χ4n) is 1.22. The molecule has 0 aromatic carbocycles. The molecular formula is C8H17KN4O2S2. The van der Waals surface area contributed by atoms with E-state index in [-0.39, 0.29) is 89.6 Å². The topological polar surface area (TPSA) is 110 Å². The normalized spacial score (nSPS) is 26.4. The summed E-state index contributed by atoms with van der Waals surface area (Å²) in [5, 5.41) is 2.92. The number of nitrogens with two attached hydrogens (primary N) is 2. The second-order valence-corrected chi connectivity index (χ2v) is 5.91. The molecule has 1 fully saturated rings. The van der Waals surface area contributed by atoms with Gasteiger partial charge in [0.25, 0.3) is 0 Å². The minimum atomic E-state index is -0.364.